The Morgan fingerprint density at radius 3 is 2.33 bits per heavy atom. The standard InChI is InChI=1S/C20H18N2O2/c1-15-12-13-21-18(14-15)22-20(23)19(16-8-4-2-5-9-16)24-17-10-6-3-7-11-17/h2-14,19H,1H3,(H,21,22,23). The Bertz CT molecular complexity index is 804. The molecule has 0 radical (unpaired) electrons. The Morgan fingerprint density at radius 2 is 1.67 bits per heavy atom. The number of benzene rings is 2. The summed E-state index contributed by atoms with van der Waals surface area (Å²) in [6.07, 6.45) is 0.913. The molecule has 0 saturated heterocycles. The molecule has 0 aliphatic heterocycles. The quantitative estimate of drug-likeness (QED) is 0.769. The zero-order valence-electron chi connectivity index (χ0n) is 13.3. The van der Waals surface area contributed by atoms with Gasteiger partial charge in [-0.1, -0.05) is 48.5 Å². The number of amides is 1. The fourth-order valence-corrected chi connectivity index (χ4v) is 2.33. The molecule has 0 saturated carbocycles. The lowest BCUT2D eigenvalue weighted by Crippen LogP contribution is -2.26. The van der Waals surface area contributed by atoms with Crippen molar-refractivity contribution in [3.8, 4) is 5.75 Å². The summed E-state index contributed by atoms with van der Waals surface area (Å²) in [7, 11) is 0. The van der Waals surface area contributed by atoms with E-state index in [0.29, 0.717) is 11.6 Å². The Labute approximate surface area is 141 Å². The summed E-state index contributed by atoms with van der Waals surface area (Å²) in [6, 6.07) is 22.4. The van der Waals surface area contributed by atoms with Gasteiger partial charge in [-0.15, -0.1) is 0 Å². The van der Waals surface area contributed by atoms with Crippen LogP contribution in [0.3, 0.4) is 0 Å². The highest BCUT2D eigenvalue weighted by molar-refractivity contribution is 5.94. The summed E-state index contributed by atoms with van der Waals surface area (Å²) < 4.78 is 5.92. The first-order valence-electron chi connectivity index (χ1n) is 7.72. The van der Waals surface area contributed by atoms with E-state index in [1.807, 2.05) is 79.7 Å². The molecule has 120 valence electrons. The lowest BCUT2D eigenvalue weighted by molar-refractivity contribution is -0.123. The fourth-order valence-electron chi connectivity index (χ4n) is 2.33. The van der Waals surface area contributed by atoms with Crippen molar-refractivity contribution < 1.29 is 9.53 Å². The lowest BCUT2D eigenvalue weighted by atomic mass is 10.1. The van der Waals surface area contributed by atoms with Crippen LogP contribution < -0.4 is 10.1 Å². The minimum absolute atomic E-state index is 0.261. The van der Waals surface area contributed by atoms with E-state index >= 15 is 0 Å². The van der Waals surface area contributed by atoms with E-state index in [1.165, 1.54) is 0 Å². The van der Waals surface area contributed by atoms with Crippen molar-refractivity contribution in [3.63, 3.8) is 0 Å². The van der Waals surface area contributed by atoms with E-state index in [2.05, 4.69) is 10.3 Å². The van der Waals surface area contributed by atoms with Crippen LogP contribution in [0.5, 0.6) is 5.75 Å². The van der Waals surface area contributed by atoms with Crippen LogP contribution in [0.4, 0.5) is 5.82 Å². The van der Waals surface area contributed by atoms with Gasteiger partial charge in [0.2, 0.25) is 6.10 Å². The molecule has 3 aromatic rings. The van der Waals surface area contributed by atoms with Gasteiger partial charge in [-0.2, -0.15) is 0 Å². The molecule has 2 aromatic carbocycles. The van der Waals surface area contributed by atoms with Crippen LogP contribution in [0.2, 0.25) is 0 Å². The van der Waals surface area contributed by atoms with E-state index in [0.717, 1.165) is 11.1 Å². The highest BCUT2D eigenvalue weighted by atomic mass is 16.5. The Balaban J connectivity index is 1.85. The van der Waals surface area contributed by atoms with Crippen molar-refractivity contribution in [1.29, 1.82) is 0 Å². The molecule has 4 nitrogen and oxygen atoms in total. The van der Waals surface area contributed by atoms with Gasteiger partial charge in [0.25, 0.3) is 5.91 Å². The summed E-state index contributed by atoms with van der Waals surface area (Å²) in [6.45, 7) is 1.95. The number of nitrogens with one attached hydrogen (secondary N) is 1. The van der Waals surface area contributed by atoms with Gasteiger partial charge in [-0.3, -0.25) is 4.79 Å². The Hall–Kier alpha value is -3.14. The van der Waals surface area contributed by atoms with E-state index < -0.39 is 6.10 Å². The van der Waals surface area contributed by atoms with Gasteiger partial charge < -0.3 is 10.1 Å². The Morgan fingerprint density at radius 1 is 1.00 bits per heavy atom. The zero-order chi connectivity index (χ0) is 16.8. The summed E-state index contributed by atoms with van der Waals surface area (Å²) >= 11 is 0. The molecule has 0 fully saturated rings. The maximum atomic E-state index is 12.8. The van der Waals surface area contributed by atoms with Crippen LogP contribution in [0.1, 0.15) is 17.2 Å². The second-order valence-corrected chi connectivity index (χ2v) is 5.43. The number of ether oxygens (including phenoxy) is 1. The number of hydrogen-bond donors (Lipinski definition) is 1. The van der Waals surface area contributed by atoms with Crippen molar-refractivity contribution in [2.24, 2.45) is 0 Å². The molecule has 3 rings (SSSR count). The lowest BCUT2D eigenvalue weighted by Gasteiger charge is -2.19. The van der Waals surface area contributed by atoms with Crippen LogP contribution >= 0.6 is 0 Å². The predicted molar refractivity (Wildman–Crippen MR) is 93.9 cm³/mol. The fraction of sp³-hybridized carbons (Fsp3) is 0.100. The van der Waals surface area contributed by atoms with Crippen molar-refractivity contribution in [3.05, 3.63) is 90.1 Å². The SMILES string of the molecule is Cc1ccnc(NC(=O)C(Oc2ccccc2)c2ccccc2)c1. The Kier molecular flexibility index (Phi) is 4.87. The topological polar surface area (TPSA) is 51.2 Å². The molecule has 0 bridgehead atoms. The summed E-state index contributed by atoms with van der Waals surface area (Å²) in [5.41, 5.74) is 1.81. The minimum Gasteiger partial charge on any atom is -0.476 e. The number of para-hydroxylation sites is 1. The molecule has 4 heteroatoms. The molecule has 1 aromatic heterocycles. The van der Waals surface area contributed by atoms with Gasteiger partial charge in [0.1, 0.15) is 11.6 Å². The molecule has 0 aliphatic rings. The first-order valence-corrected chi connectivity index (χ1v) is 7.72. The molecule has 0 aliphatic carbocycles. The summed E-state index contributed by atoms with van der Waals surface area (Å²) in [5, 5.41) is 2.83. The zero-order valence-corrected chi connectivity index (χ0v) is 13.3. The summed E-state index contributed by atoms with van der Waals surface area (Å²) in [5.74, 6) is 0.888. The van der Waals surface area contributed by atoms with Gasteiger partial charge in [0.15, 0.2) is 0 Å². The highest BCUT2D eigenvalue weighted by Crippen LogP contribution is 2.23. The van der Waals surface area contributed by atoms with Gasteiger partial charge in [-0.05, 0) is 36.8 Å². The number of pyridine rings is 1. The average molecular weight is 318 g/mol. The second-order valence-electron chi connectivity index (χ2n) is 5.43. The largest absolute Gasteiger partial charge is 0.476 e. The van der Waals surface area contributed by atoms with Gasteiger partial charge >= 0.3 is 0 Å². The van der Waals surface area contributed by atoms with Gasteiger partial charge in [0, 0.05) is 11.8 Å². The first kappa shape index (κ1) is 15.7. The third kappa shape index (κ3) is 3.98. The molecular formula is C20H18N2O2. The number of aromatic nitrogens is 1. The van der Waals surface area contributed by atoms with Crippen LogP contribution in [0, 0.1) is 6.92 Å². The predicted octanol–water partition coefficient (Wildman–Crippen LogP) is 4.15. The minimum atomic E-state index is -0.754. The smallest absolute Gasteiger partial charge is 0.271 e. The van der Waals surface area contributed by atoms with Crippen LogP contribution in [0.25, 0.3) is 0 Å². The second kappa shape index (κ2) is 7.42. The third-order valence-corrected chi connectivity index (χ3v) is 3.50. The average Bonchev–Trinajstić information content (AvgIpc) is 2.61. The molecule has 1 atom stereocenters. The van der Waals surface area contributed by atoms with Crippen LogP contribution in [-0.2, 0) is 4.79 Å². The number of rotatable bonds is 5. The maximum absolute atomic E-state index is 12.8. The van der Waals surface area contributed by atoms with E-state index in [1.54, 1.807) is 6.20 Å². The van der Waals surface area contributed by atoms with Crippen molar-refractivity contribution in [2.75, 3.05) is 5.32 Å². The number of carbonyl (C=O) groups is 1. The number of anilines is 1. The number of nitrogens with zero attached hydrogens (tertiary/aromatic N) is 1. The van der Waals surface area contributed by atoms with Gasteiger partial charge in [-0.25, -0.2) is 4.98 Å². The maximum Gasteiger partial charge on any atom is 0.271 e. The molecule has 1 heterocycles. The first-order chi connectivity index (χ1) is 11.7. The highest BCUT2D eigenvalue weighted by Gasteiger charge is 2.23. The van der Waals surface area contributed by atoms with E-state index in [4.69, 9.17) is 4.74 Å². The molecule has 24 heavy (non-hydrogen) atoms. The van der Waals surface area contributed by atoms with Crippen molar-refractivity contribution in [2.45, 2.75) is 13.0 Å². The number of aryl methyl sites for hydroxylation is 1. The molecular weight excluding hydrogens is 300 g/mol. The van der Waals surface area contributed by atoms with Crippen molar-refractivity contribution in [1.82, 2.24) is 4.98 Å². The monoisotopic (exact) mass is 318 g/mol. The third-order valence-electron chi connectivity index (χ3n) is 3.50. The summed E-state index contributed by atoms with van der Waals surface area (Å²) in [4.78, 5) is 16.9. The van der Waals surface area contributed by atoms with Crippen molar-refractivity contribution >= 4 is 11.7 Å². The molecule has 1 N–H and O–H groups in total. The molecule has 1 amide bonds. The number of hydrogen-bond acceptors (Lipinski definition) is 3. The molecule has 1 unspecified atom stereocenters. The van der Waals surface area contributed by atoms with Crippen LogP contribution in [0.15, 0.2) is 79.0 Å². The van der Waals surface area contributed by atoms with E-state index in [-0.39, 0.29) is 5.91 Å². The number of carbonyl (C=O) groups excluding carboxylic acids is 1. The normalized spacial score (nSPS) is 11.5. The molecule has 0 spiro atoms. The van der Waals surface area contributed by atoms with Crippen LogP contribution in [-0.4, -0.2) is 10.9 Å². The van der Waals surface area contributed by atoms with E-state index in [9.17, 15) is 4.79 Å². The van der Waals surface area contributed by atoms with Gasteiger partial charge in [0.05, 0.1) is 0 Å².